The molecule has 0 amide bonds. The zero-order chi connectivity index (χ0) is 17.4. The number of aromatic nitrogens is 1. The second kappa shape index (κ2) is 5.98. The molecule has 0 unspecified atom stereocenters. The van der Waals surface area contributed by atoms with Gasteiger partial charge in [-0.1, -0.05) is 36.4 Å². The van der Waals surface area contributed by atoms with Gasteiger partial charge in [-0.3, -0.25) is 4.79 Å². The first-order chi connectivity index (χ1) is 12.2. The van der Waals surface area contributed by atoms with Crippen LogP contribution in [0.25, 0.3) is 33.3 Å². The summed E-state index contributed by atoms with van der Waals surface area (Å²) in [6.45, 7) is 0. The van der Waals surface area contributed by atoms with Crippen molar-refractivity contribution >= 4 is 17.2 Å². The summed E-state index contributed by atoms with van der Waals surface area (Å²) in [6, 6.07) is 19.2. The average Bonchev–Trinajstić information content (AvgIpc) is 3.02. The van der Waals surface area contributed by atoms with Crippen LogP contribution in [-0.4, -0.2) is 11.3 Å². The number of carbonyl (C=O) groups excluding carboxylic acids is 1. The van der Waals surface area contributed by atoms with Gasteiger partial charge in [0.25, 0.3) is 0 Å². The largest absolute Gasteiger partial charge is 0.354 e. The van der Waals surface area contributed by atoms with Crippen molar-refractivity contribution < 1.29 is 13.6 Å². The molecule has 122 valence electrons. The van der Waals surface area contributed by atoms with Crippen molar-refractivity contribution in [3.63, 3.8) is 0 Å². The van der Waals surface area contributed by atoms with Crippen molar-refractivity contribution in [2.75, 3.05) is 0 Å². The van der Waals surface area contributed by atoms with Crippen LogP contribution in [0.3, 0.4) is 0 Å². The van der Waals surface area contributed by atoms with E-state index in [1.165, 1.54) is 6.07 Å². The number of rotatable bonds is 3. The number of aldehydes is 1. The smallest absolute Gasteiger partial charge is 0.159 e. The van der Waals surface area contributed by atoms with Gasteiger partial charge in [0, 0.05) is 22.0 Å². The van der Waals surface area contributed by atoms with Crippen molar-refractivity contribution in [1.82, 2.24) is 4.98 Å². The lowest BCUT2D eigenvalue weighted by Crippen LogP contribution is -1.88. The fourth-order valence-electron chi connectivity index (χ4n) is 3.02. The highest BCUT2D eigenvalue weighted by Crippen LogP contribution is 2.32. The molecule has 4 rings (SSSR count). The van der Waals surface area contributed by atoms with Crippen LogP contribution in [0, 0.1) is 11.6 Å². The van der Waals surface area contributed by atoms with Crippen LogP contribution >= 0.6 is 0 Å². The van der Waals surface area contributed by atoms with E-state index in [2.05, 4.69) is 4.98 Å². The van der Waals surface area contributed by atoms with E-state index < -0.39 is 11.6 Å². The van der Waals surface area contributed by atoms with Crippen LogP contribution in [0.1, 0.15) is 10.4 Å². The van der Waals surface area contributed by atoms with Crippen LogP contribution in [0.5, 0.6) is 0 Å². The van der Waals surface area contributed by atoms with E-state index in [1.807, 2.05) is 48.5 Å². The minimum Gasteiger partial charge on any atom is -0.354 e. The zero-order valence-corrected chi connectivity index (χ0v) is 13.1. The summed E-state index contributed by atoms with van der Waals surface area (Å²) in [5.41, 5.74) is 4.12. The van der Waals surface area contributed by atoms with Gasteiger partial charge in [0.05, 0.1) is 5.69 Å². The third kappa shape index (κ3) is 2.62. The van der Waals surface area contributed by atoms with Gasteiger partial charge in [-0.15, -0.1) is 0 Å². The topological polar surface area (TPSA) is 32.9 Å². The molecule has 0 aliphatic heterocycles. The maximum atomic E-state index is 13.6. The monoisotopic (exact) mass is 333 g/mol. The number of carbonyl (C=O) groups is 1. The summed E-state index contributed by atoms with van der Waals surface area (Å²) in [5, 5.41) is 0.746. The molecule has 0 saturated heterocycles. The van der Waals surface area contributed by atoms with E-state index in [1.54, 1.807) is 0 Å². The third-order valence-corrected chi connectivity index (χ3v) is 4.27. The predicted molar refractivity (Wildman–Crippen MR) is 94.5 cm³/mol. The van der Waals surface area contributed by atoms with Crippen LogP contribution in [0.15, 0.2) is 66.7 Å². The lowest BCUT2D eigenvalue weighted by Gasteiger charge is -2.02. The Balaban J connectivity index is 1.92. The molecule has 0 spiro atoms. The molecule has 0 bridgehead atoms. The molecule has 0 saturated carbocycles. The first-order valence-electron chi connectivity index (χ1n) is 7.79. The van der Waals surface area contributed by atoms with Crippen LogP contribution in [0.4, 0.5) is 8.78 Å². The standard InChI is InChI=1S/C21H13F2NO/c22-18-8-6-15(11-19(18)23)21-17(12-25)16-10-14(7-9-20(16)24-21)13-4-2-1-3-5-13/h1-12,24H. The Morgan fingerprint density at radius 3 is 2.24 bits per heavy atom. The number of halogens is 2. The molecular weight excluding hydrogens is 320 g/mol. The fourth-order valence-corrected chi connectivity index (χ4v) is 3.02. The fraction of sp³-hybridized carbons (Fsp3) is 0. The van der Waals surface area contributed by atoms with Gasteiger partial charge in [0.1, 0.15) is 0 Å². The van der Waals surface area contributed by atoms with Crippen LogP contribution < -0.4 is 0 Å². The Labute approximate surface area is 142 Å². The highest BCUT2D eigenvalue weighted by atomic mass is 19.2. The second-order valence-electron chi connectivity index (χ2n) is 5.79. The summed E-state index contributed by atoms with van der Waals surface area (Å²) in [6.07, 6.45) is 0.740. The summed E-state index contributed by atoms with van der Waals surface area (Å²) < 4.78 is 26.8. The maximum Gasteiger partial charge on any atom is 0.159 e. The van der Waals surface area contributed by atoms with Gasteiger partial charge in [0.2, 0.25) is 0 Å². The molecule has 25 heavy (non-hydrogen) atoms. The highest BCUT2D eigenvalue weighted by Gasteiger charge is 2.15. The lowest BCUT2D eigenvalue weighted by molar-refractivity contribution is 0.112. The predicted octanol–water partition coefficient (Wildman–Crippen LogP) is 5.59. The molecule has 1 N–H and O–H groups in total. The number of fused-ring (bicyclic) bond motifs is 1. The number of nitrogens with one attached hydrogen (secondary N) is 1. The van der Waals surface area contributed by atoms with Crippen molar-refractivity contribution in [2.45, 2.75) is 0 Å². The first kappa shape index (κ1) is 15.3. The Morgan fingerprint density at radius 1 is 0.760 bits per heavy atom. The van der Waals surface area contributed by atoms with E-state index in [4.69, 9.17) is 0 Å². The summed E-state index contributed by atoms with van der Waals surface area (Å²) in [7, 11) is 0. The summed E-state index contributed by atoms with van der Waals surface area (Å²) in [5.74, 6) is -1.86. The normalized spacial score (nSPS) is 11.0. The molecular formula is C21H13F2NO. The number of H-pyrrole nitrogens is 1. The minimum atomic E-state index is -0.946. The first-order valence-corrected chi connectivity index (χ1v) is 7.79. The van der Waals surface area contributed by atoms with Gasteiger partial charge in [0.15, 0.2) is 17.9 Å². The van der Waals surface area contributed by atoms with E-state index in [0.29, 0.717) is 16.8 Å². The van der Waals surface area contributed by atoms with Crippen molar-refractivity contribution in [2.24, 2.45) is 0 Å². The van der Waals surface area contributed by atoms with Crippen LogP contribution in [0.2, 0.25) is 0 Å². The summed E-state index contributed by atoms with van der Waals surface area (Å²) in [4.78, 5) is 14.8. The van der Waals surface area contributed by atoms with Gasteiger partial charge < -0.3 is 4.98 Å². The Kier molecular flexibility index (Phi) is 3.65. The van der Waals surface area contributed by atoms with Crippen molar-refractivity contribution in [1.29, 1.82) is 0 Å². The quantitative estimate of drug-likeness (QED) is 0.487. The third-order valence-electron chi connectivity index (χ3n) is 4.27. The Morgan fingerprint density at radius 2 is 1.52 bits per heavy atom. The molecule has 0 radical (unpaired) electrons. The average molecular weight is 333 g/mol. The van der Waals surface area contributed by atoms with E-state index in [-0.39, 0.29) is 0 Å². The molecule has 4 aromatic rings. The number of hydrogen-bond acceptors (Lipinski definition) is 1. The molecule has 2 nitrogen and oxygen atoms in total. The molecule has 0 aliphatic carbocycles. The molecule has 4 heteroatoms. The van der Waals surface area contributed by atoms with Crippen LogP contribution in [-0.2, 0) is 0 Å². The van der Waals surface area contributed by atoms with E-state index >= 15 is 0 Å². The lowest BCUT2D eigenvalue weighted by atomic mass is 10.0. The highest BCUT2D eigenvalue weighted by molar-refractivity contribution is 6.05. The Bertz CT molecular complexity index is 1080. The number of hydrogen-bond donors (Lipinski definition) is 1. The molecule has 1 aromatic heterocycles. The van der Waals surface area contributed by atoms with Gasteiger partial charge in [-0.25, -0.2) is 8.78 Å². The van der Waals surface area contributed by atoms with E-state index in [0.717, 1.165) is 40.4 Å². The van der Waals surface area contributed by atoms with Gasteiger partial charge >= 0.3 is 0 Å². The molecule has 3 aromatic carbocycles. The van der Waals surface area contributed by atoms with Gasteiger partial charge in [-0.2, -0.15) is 0 Å². The molecule has 0 aliphatic rings. The van der Waals surface area contributed by atoms with Crippen molar-refractivity contribution in [3.8, 4) is 22.4 Å². The minimum absolute atomic E-state index is 0.429. The second-order valence-corrected chi connectivity index (χ2v) is 5.79. The number of aromatic amines is 1. The van der Waals surface area contributed by atoms with Crippen molar-refractivity contribution in [3.05, 3.63) is 83.9 Å². The van der Waals surface area contributed by atoms with Gasteiger partial charge in [-0.05, 0) is 41.5 Å². The number of benzene rings is 3. The van der Waals surface area contributed by atoms with E-state index in [9.17, 15) is 13.6 Å². The molecule has 1 heterocycles. The SMILES string of the molecule is O=Cc1c(-c2ccc(F)c(F)c2)[nH]c2ccc(-c3ccccc3)cc12. The molecule has 0 fully saturated rings. The molecule has 0 atom stereocenters. The summed E-state index contributed by atoms with van der Waals surface area (Å²) >= 11 is 0. The zero-order valence-electron chi connectivity index (χ0n) is 13.1. The maximum absolute atomic E-state index is 13.6. The Hall–Kier alpha value is -3.27.